The second-order valence-electron chi connectivity index (χ2n) is 6.71. The third-order valence-electron chi connectivity index (χ3n) is 4.67. The van der Waals surface area contributed by atoms with Crippen LogP contribution < -0.4 is 0 Å². The Morgan fingerprint density at radius 3 is 1.77 bits per heavy atom. The summed E-state index contributed by atoms with van der Waals surface area (Å²) in [5.74, 6) is -1.47. The number of ether oxygens (including phenoxy) is 4. The summed E-state index contributed by atoms with van der Waals surface area (Å²) in [6.45, 7) is -0.558. The highest BCUT2D eigenvalue weighted by Gasteiger charge is 2.50. The van der Waals surface area contributed by atoms with E-state index < -0.39 is 49.3 Å². The van der Waals surface area contributed by atoms with E-state index >= 15 is 0 Å². The minimum atomic E-state index is -1.46. The Kier molecular flexibility index (Phi) is 8.20. The fourth-order valence-electron chi connectivity index (χ4n) is 3.07. The monoisotopic (exact) mass is 558 g/mol. The van der Waals surface area contributed by atoms with Crippen LogP contribution in [-0.2, 0) is 18.9 Å². The normalized spacial score (nSPS) is 25.6. The number of halogens is 2. The number of aliphatic hydroxyl groups is 2. The number of hydrogen-bond donors (Lipinski definition) is 2. The summed E-state index contributed by atoms with van der Waals surface area (Å²) in [5, 5.41) is 20.4. The zero-order valence-corrected chi connectivity index (χ0v) is 19.5. The van der Waals surface area contributed by atoms with Crippen molar-refractivity contribution in [3.8, 4) is 0 Å². The number of esters is 2. The maximum atomic E-state index is 12.7. The first kappa shape index (κ1) is 23.8. The number of carbonyl (C=O) groups excluding carboxylic acids is 2. The summed E-state index contributed by atoms with van der Waals surface area (Å²) in [6, 6.07) is 12.8. The smallest absolute Gasteiger partial charge is 0.338 e. The Bertz CT molecular complexity index is 903. The highest BCUT2D eigenvalue weighted by atomic mass is 79.9. The predicted octanol–water partition coefficient (Wildman–Crippen LogP) is 2.69. The van der Waals surface area contributed by atoms with Gasteiger partial charge in [0, 0.05) is 16.1 Å². The summed E-state index contributed by atoms with van der Waals surface area (Å²) >= 11 is 6.57. The van der Waals surface area contributed by atoms with Gasteiger partial charge >= 0.3 is 11.9 Å². The number of methoxy groups -OCH3 is 1. The van der Waals surface area contributed by atoms with E-state index in [1.54, 1.807) is 36.4 Å². The summed E-state index contributed by atoms with van der Waals surface area (Å²) < 4.78 is 23.2. The van der Waals surface area contributed by atoms with Crippen LogP contribution in [0.3, 0.4) is 0 Å². The highest BCUT2D eigenvalue weighted by Crippen LogP contribution is 2.28. The van der Waals surface area contributed by atoms with Gasteiger partial charge in [-0.25, -0.2) is 9.59 Å². The first-order valence-corrected chi connectivity index (χ1v) is 10.8. The molecule has 0 aliphatic carbocycles. The average molecular weight is 560 g/mol. The van der Waals surface area contributed by atoms with Gasteiger partial charge in [0.2, 0.25) is 0 Å². The molecule has 0 spiro atoms. The molecule has 166 valence electrons. The van der Waals surface area contributed by atoms with Crippen LogP contribution in [0, 0.1) is 0 Å². The van der Waals surface area contributed by atoms with Crippen molar-refractivity contribution < 1.29 is 38.7 Å². The predicted molar refractivity (Wildman–Crippen MR) is 115 cm³/mol. The molecule has 1 fully saturated rings. The van der Waals surface area contributed by atoms with Crippen molar-refractivity contribution in [3.63, 3.8) is 0 Å². The maximum Gasteiger partial charge on any atom is 0.338 e. The van der Waals surface area contributed by atoms with Crippen molar-refractivity contribution in [2.75, 3.05) is 13.7 Å². The molecule has 2 N–H and O–H groups in total. The first-order chi connectivity index (χ1) is 14.8. The third kappa shape index (κ3) is 5.71. The molecular formula is C21H20Br2O8. The van der Waals surface area contributed by atoms with E-state index in [-0.39, 0.29) is 11.1 Å². The van der Waals surface area contributed by atoms with E-state index in [1.807, 2.05) is 0 Å². The van der Waals surface area contributed by atoms with E-state index in [0.717, 1.165) is 8.95 Å². The molecule has 2 aromatic carbocycles. The van der Waals surface area contributed by atoms with Crippen LogP contribution in [0.2, 0.25) is 0 Å². The van der Waals surface area contributed by atoms with Crippen molar-refractivity contribution in [3.05, 3.63) is 68.6 Å². The van der Waals surface area contributed by atoms with Crippen molar-refractivity contribution in [1.29, 1.82) is 0 Å². The summed E-state index contributed by atoms with van der Waals surface area (Å²) in [7, 11) is 1.30. The lowest BCUT2D eigenvalue weighted by Gasteiger charge is -2.42. The fourth-order valence-corrected chi connectivity index (χ4v) is 3.60. The number of carbonyl (C=O) groups is 2. The number of hydrogen-bond acceptors (Lipinski definition) is 8. The molecular weight excluding hydrogens is 540 g/mol. The largest absolute Gasteiger partial charge is 0.452 e. The number of aliphatic hydroxyl groups excluding tert-OH is 2. The molecule has 0 aromatic heterocycles. The quantitative estimate of drug-likeness (QED) is 0.520. The molecule has 1 aliphatic rings. The van der Waals surface area contributed by atoms with Crippen LogP contribution >= 0.6 is 31.9 Å². The fraction of sp³-hybridized carbons (Fsp3) is 0.333. The Morgan fingerprint density at radius 2 is 1.35 bits per heavy atom. The molecule has 0 bridgehead atoms. The second-order valence-corrected chi connectivity index (χ2v) is 8.54. The van der Waals surface area contributed by atoms with Gasteiger partial charge in [-0.05, 0) is 48.5 Å². The van der Waals surface area contributed by atoms with Crippen LogP contribution in [-0.4, -0.2) is 66.6 Å². The number of rotatable bonds is 6. The van der Waals surface area contributed by atoms with Crippen molar-refractivity contribution >= 4 is 43.8 Å². The highest BCUT2D eigenvalue weighted by molar-refractivity contribution is 9.10. The van der Waals surface area contributed by atoms with Crippen LogP contribution in [0.25, 0.3) is 0 Å². The van der Waals surface area contributed by atoms with Crippen LogP contribution in [0.15, 0.2) is 57.5 Å². The lowest BCUT2D eigenvalue weighted by atomic mass is 9.98. The molecule has 31 heavy (non-hydrogen) atoms. The van der Waals surface area contributed by atoms with E-state index in [0.29, 0.717) is 0 Å². The molecule has 1 heterocycles. The van der Waals surface area contributed by atoms with Gasteiger partial charge in [0.05, 0.1) is 17.7 Å². The Labute approximate surface area is 195 Å². The summed E-state index contributed by atoms with van der Waals surface area (Å²) in [6.07, 6.45) is -6.36. The lowest BCUT2D eigenvalue weighted by Crippen LogP contribution is -2.61. The van der Waals surface area contributed by atoms with E-state index in [4.69, 9.17) is 18.9 Å². The average Bonchev–Trinajstić information content (AvgIpc) is 2.77. The van der Waals surface area contributed by atoms with Crippen LogP contribution in [0.1, 0.15) is 20.7 Å². The van der Waals surface area contributed by atoms with Crippen molar-refractivity contribution in [1.82, 2.24) is 0 Å². The zero-order valence-electron chi connectivity index (χ0n) is 16.3. The van der Waals surface area contributed by atoms with Gasteiger partial charge in [0.15, 0.2) is 18.5 Å². The molecule has 0 saturated carbocycles. The molecule has 1 aliphatic heterocycles. The zero-order chi connectivity index (χ0) is 22.5. The Balaban J connectivity index is 1.85. The molecule has 0 amide bonds. The third-order valence-corrected chi connectivity index (χ3v) is 5.73. The van der Waals surface area contributed by atoms with Gasteiger partial charge in [0.1, 0.15) is 12.2 Å². The van der Waals surface area contributed by atoms with Gasteiger partial charge in [-0.3, -0.25) is 0 Å². The van der Waals surface area contributed by atoms with E-state index in [1.165, 1.54) is 19.2 Å². The number of benzene rings is 2. The van der Waals surface area contributed by atoms with Gasteiger partial charge in [-0.2, -0.15) is 0 Å². The summed E-state index contributed by atoms with van der Waals surface area (Å²) in [4.78, 5) is 25.3. The summed E-state index contributed by atoms with van der Waals surface area (Å²) in [5.41, 5.74) is 0.468. The van der Waals surface area contributed by atoms with Crippen molar-refractivity contribution in [2.24, 2.45) is 0 Å². The minimum Gasteiger partial charge on any atom is -0.452 e. The van der Waals surface area contributed by atoms with Crippen LogP contribution in [0.4, 0.5) is 0 Å². The molecule has 0 unspecified atom stereocenters. The molecule has 5 atom stereocenters. The van der Waals surface area contributed by atoms with Gasteiger partial charge < -0.3 is 29.2 Å². The Hall–Kier alpha value is -1.82. The molecule has 10 heteroatoms. The van der Waals surface area contributed by atoms with Gasteiger partial charge in [-0.1, -0.05) is 31.9 Å². The second kappa shape index (κ2) is 10.7. The van der Waals surface area contributed by atoms with Crippen LogP contribution in [0.5, 0.6) is 0 Å². The molecule has 0 radical (unpaired) electrons. The SMILES string of the molecule is CO[C@H]1O[C@H](CO)[C@@H](OC(=O)c2ccc(Br)cc2)[C@H](OC(=O)c2ccc(Br)cc2)[C@H]1O. The molecule has 8 nitrogen and oxygen atoms in total. The Morgan fingerprint density at radius 1 is 0.903 bits per heavy atom. The maximum absolute atomic E-state index is 12.7. The molecule has 1 saturated heterocycles. The topological polar surface area (TPSA) is 112 Å². The molecule has 3 rings (SSSR count). The standard InChI is InChI=1S/C21H20Br2O8/c1-28-21-16(25)18(31-20(27)12-4-8-14(23)9-5-12)17(15(10-24)29-21)30-19(26)11-2-6-13(22)7-3-11/h2-9,15-18,21,24-25H,10H2,1H3/t15-,16-,17-,18-,21+/m1/s1. The minimum absolute atomic E-state index is 0.231. The lowest BCUT2D eigenvalue weighted by molar-refractivity contribution is -0.292. The van der Waals surface area contributed by atoms with Gasteiger partial charge in [-0.15, -0.1) is 0 Å². The van der Waals surface area contributed by atoms with Crippen molar-refractivity contribution in [2.45, 2.75) is 30.7 Å². The molecule has 2 aromatic rings. The van der Waals surface area contributed by atoms with E-state index in [9.17, 15) is 19.8 Å². The van der Waals surface area contributed by atoms with E-state index in [2.05, 4.69) is 31.9 Å². The first-order valence-electron chi connectivity index (χ1n) is 9.24. The van der Waals surface area contributed by atoms with Gasteiger partial charge in [0.25, 0.3) is 0 Å².